The number of amides is 1. The van der Waals surface area contributed by atoms with Crippen LogP contribution in [0.25, 0.3) is 0 Å². The van der Waals surface area contributed by atoms with Crippen molar-refractivity contribution >= 4 is 12.1 Å². The molecule has 0 fully saturated rings. The molecular formula is C7H11N2O+. The molecule has 0 saturated heterocycles. The Morgan fingerprint density at radius 3 is 2.60 bits per heavy atom. The van der Waals surface area contributed by atoms with Gasteiger partial charge in [0.1, 0.15) is 0 Å². The number of nitrogens with zero attached hydrogens (tertiary/aromatic N) is 1. The van der Waals surface area contributed by atoms with Gasteiger partial charge in [-0.15, -0.1) is 0 Å². The highest BCUT2D eigenvalue weighted by Crippen LogP contribution is 1.96. The molecule has 3 nitrogen and oxygen atoms in total. The van der Waals surface area contributed by atoms with Gasteiger partial charge in [-0.05, 0) is 0 Å². The van der Waals surface area contributed by atoms with Gasteiger partial charge in [0.15, 0.2) is 12.4 Å². The third-order valence-electron chi connectivity index (χ3n) is 1.59. The first-order valence-corrected chi connectivity index (χ1v) is 3.26. The van der Waals surface area contributed by atoms with Crippen LogP contribution in [0.4, 0.5) is 0 Å². The molecule has 0 radical (unpaired) electrons. The molecule has 0 bridgehead atoms. The van der Waals surface area contributed by atoms with E-state index in [-0.39, 0.29) is 11.9 Å². The van der Waals surface area contributed by atoms with E-state index < -0.39 is 0 Å². The Morgan fingerprint density at radius 2 is 2.30 bits per heavy atom. The average molecular weight is 139 g/mol. The van der Waals surface area contributed by atoms with Gasteiger partial charge in [-0.2, -0.15) is 4.58 Å². The molecule has 1 N–H and O–H groups in total. The number of carbonyl (C=O) groups excluding carboxylic acids is 1. The second kappa shape index (κ2) is 2.64. The lowest BCUT2D eigenvalue weighted by Gasteiger charge is -2.08. The molecule has 54 valence electrons. The fourth-order valence-corrected chi connectivity index (χ4v) is 0.788. The molecule has 0 saturated carbocycles. The highest BCUT2D eigenvalue weighted by molar-refractivity contribution is 5.81. The first kappa shape index (κ1) is 6.99. The van der Waals surface area contributed by atoms with Crippen LogP contribution in [-0.4, -0.2) is 29.8 Å². The summed E-state index contributed by atoms with van der Waals surface area (Å²) in [6.07, 6.45) is 5.65. The highest BCUT2D eigenvalue weighted by atomic mass is 16.2. The predicted molar refractivity (Wildman–Crippen MR) is 39.0 cm³/mol. The number of nitrogens with one attached hydrogen (secondary N) is 1. The SMILES string of the molecule is CNC(=O)C(C)[N+]1=CC=C1. The Bertz CT molecular complexity index is 206. The summed E-state index contributed by atoms with van der Waals surface area (Å²) in [5, 5.41) is 2.58. The Labute approximate surface area is 60.1 Å². The third-order valence-corrected chi connectivity index (χ3v) is 1.59. The van der Waals surface area contributed by atoms with Gasteiger partial charge in [-0.3, -0.25) is 4.79 Å². The van der Waals surface area contributed by atoms with Crippen LogP contribution < -0.4 is 5.32 Å². The van der Waals surface area contributed by atoms with E-state index in [0.29, 0.717) is 0 Å². The van der Waals surface area contributed by atoms with Crippen LogP contribution in [0.1, 0.15) is 6.92 Å². The lowest BCUT2D eigenvalue weighted by molar-refractivity contribution is -0.485. The van der Waals surface area contributed by atoms with Crippen LogP contribution in [-0.2, 0) is 4.79 Å². The number of hydrogen-bond donors (Lipinski definition) is 1. The molecule has 1 aliphatic heterocycles. The van der Waals surface area contributed by atoms with Crippen LogP contribution >= 0.6 is 0 Å². The minimum atomic E-state index is -0.0741. The number of rotatable bonds is 2. The normalized spacial score (nSPS) is 17.2. The Kier molecular flexibility index (Phi) is 1.85. The summed E-state index contributed by atoms with van der Waals surface area (Å²) in [7, 11) is 1.64. The van der Waals surface area contributed by atoms with E-state index in [9.17, 15) is 4.79 Å². The summed E-state index contributed by atoms with van der Waals surface area (Å²) < 4.78 is 1.86. The van der Waals surface area contributed by atoms with Gasteiger partial charge in [0.05, 0.1) is 6.08 Å². The van der Waals surface area contributed by atoms with Crippen LogP contribution in [0.2, 0.25) is 0 Å². The molecule has 0 aromatic rings. The van der Waals surface area contributed by atoms with Crippen molar-refractivity contribution in [3.8, 4) is 0 Å². The second-order valence-electron chi connectivity index (χ2n) is 2.23. The van der Waals surface area contributed by atoms with Crippen LogP contribution in [0.5, 0.6) is 0 Å². The minimum Gasteiger partial charge on any atom is -0.353 e. The Hall–Kier alpha value is -1.12. The van der Waals surface area contributed by atoms with Crippen molar-refractivity contribution < 1.29 is 9.37 Å². The van der Waals surface area contributed by atoms with E-state index in [0.717, 1.165) is 0 Å². The summed E-state index contributed by atoms with van der Waals surface area (Å²) in [5.41, 5.74) is 0. The van der Waals surface area contributed by atoms with Crippen molar-refractivity contribution in [2.24, 2.45) is 0 Å². The van der Waals surface area contributed by atoms with E-state index in [1.54, 1.807) is 7.05 Å². The summed E-state index contributed by atoms with van der Waals surface area (Å²) in [4.78, 5) is 10.9. The molecular weight excluding hydrogens is 128 g/mol. The summed E-state index contributed by atoms with van der Waals surface area (Å²) in [5.74, 6) is 0.0422. The Morgan fingerprint density at radius 1 is 1.70 bits per heavy atom. The lowest BCUT2D eigenvalue weighted by atomic mass is 10.3. The van der Waals surface area contributed by atoms with Gasteiger partial charge in [0.2, 0.25) is 6.04 Å². The number of likely N-dealkylation sites (N-methyl/N-ethyl adjacent to an activating group) is 1. The molecule has 1 heterocycles. The molecule has 1 unspecified atom stereocenters. The van der Waals surface area contributed by atoms with Gasteiger partial charge >= 0.3 is 0 Å². The second-order valence-corrected chi connectivity index (χ2v) is 2.23. The molecule has 1 amide bonds. The van der Waals surface area contributed by atoms with Crippen molar-refractivity contribution in [3.05, 3.63) is 12.3 Å². The van der Waals surface area contributed by atoms with E-state index in [2.05, 4.69) is 5.32 Å². The first-order valence-electron chi connectivity index (χ1n) is 3.26. The molecule has 0 aromatic carbocycles. The maximum Gasteiger partial charge on any atom is 0.288 e. The molecule has 10 heavy (non-hydrogen) atoms. The summed E-state index contributed by atoms with van der Waals surface area (Å²) >= 11 is 0. The average Bonchev–Trinajstić information content (AvgIpc) is 1.82. The van der Waals surface area contributed by atoms with Crippen molar-refractivity contribution in [3.63, 3.8) is 0 Å². The first-order chi connectivity index (χ1) is 4.75. The maximum absolute atomic E-state index is 10.9. The Balaban J connectivity index is 2.48. The summed E-state index contributed by atoms with van der Waals surface area (Å²) in [6, 6.07) is -0.0741. The van der Waals surface area contributed by atoms with Gasteiger partial charge in [-0.25, -0.2) is 0 Å². The number of allylic oxidation sites excluding steroid dienone is 1. The summed E-state index contributed by atoms with van der Waals surface area (Å²) in [6.45, 7) is 1.86. The standard InChI is InChI=1S/C7H10N2O/c1-6(7(10)8-2)9-4-3-5-9/h3-6H,1-2H3/p+1. The van der Waals surface area contributed by atoms with E-state index in [1.165, 1.54) is 0 Å². The zero-order valence-electron chi connectivity index (χ0n) is 6.16. The smallest absolute Gasteiger partial charge is 0.288 e. The quantitative estimate of drug-likeness (QED) is 0.525. The van der Waals surface area contributed by atoms with Crippen molar-refractivity contribution in [2.75, 3.05) is 7.05 Å². The highest BCUT2D eigenvalue weighted by Gasteiger charge is 2.23. The van der Waals surface area contributed by atoms with Crippen LogP contribution in [0, 0.1) is 0 Å². The van der Waals surface area contributed by atoms with Crippen LogP contribution in [0.15, 0.2) is 12.3 Å². The zero-order chi connectivity index (χ0) is 7.56. The molecule has 3 heteroatoms. The predicted octanol–water partition coefficient (Wildman–Crippen LogP) is -0.268. The van der Waals surface area contributed by atoms with Gasteiger partial charge < -0.3 is 5.32 Å². The minimum absolute atomic E-state index is 0.0422. The van der Waals surface area contributed by atoms with Gasteiger partial charge in [0.25, 0.3) is 5.91 Å². The molecule has 1 rings (SSSR count). The van der Waals surface area contributed by atoms with Crippen molar-refractivity contribution in [1.29, 1.82) is 0 Å². The van der Waals surface area contributed by atoms with Crippen molar-refractivity contribution in [2.45, 2.75) is 13.0 Å². The van der Waals surface area contributed by atoms with Gasteiger partial charge in [0, 0.05) is 14.0 Å². The molecule has 1 atom stereocenters. The maximum atomic E-state index is 10.9. The van der Waals surface area contributed by atoms with Gasteiger partial charge in [-0.1, -0.05) is 0 Å². The number of hydrogen-bond acceptors (Lipinski definition) is 1. The van der Waals surface area contributed by atoms with E-state index in [4.69, 9.17) is 0 Å². The number of carbonyl (C=O) groups is 1. The molecule has 0 spiro atoms. The topological polar surface area (TPSA) is 32.1 Å². The fraction of sp³-hybridized carbons (Fsp3) is 0.429. The monoisotopic (exact) mass is 139 g/mol. The molecule has 1 aliphatic rings. The fourth-order valence-electron chi connectivity index (χ4n) is 0.788. The lowest BCUT2D eigenvalue weighted by Crippen LogP contribution is -2.38. The van der Waals surface area contributed by atoms with E-state index in [1.807, 2.05) is 30.0 Å². The van der Waals surface area contributed by atoms with E-state index >= 15 is 0 Å². The zero-order valence-corrected chi connectivity index (χ0v) is 6.16. The third kappa shape index (κ3) is 1.07. The van der Waals surface area contributed by atoms with Crippen LogP contribution in [0.3, 0.4) is 0 Å². The molecule has 0 aromatic heterocycles. The molecule has 0 aliphatic carbocycles. The van der Waals surface area contributed by atoms with Crippen molar-refractivity contribution in [1.82, 2.24) is 5.32 Å². The largest absolute Gasteiger partial charge is 0.353 e.